The molecule has 0 aliphatic rings. The Kier molecular flexibility index (Phi) is 3.05. The quantitative estimate of drug-likeness (QED) is 0.778. The lowest BCUT2D eigenvalue weighted by atomic mass is 10.2. The van der Waals surface area contributed by atoms with E-state index in [9.17, 15) is 0 Å². The van der Waals surface area contributed by atoms with E-state index in [-0.39, 0.29) is 0 Å². The predicted octanol–water partition coefficient (Wildman–Crippen LogP) is 2.85. The van der Waals surface area contributed by atoms with Crippen LogP contribution in [0.5, 0.6) is 0 Å². The number of pyridine rings is 1. The molecule has 3 heteroatoms. The first-order valence-corrected chi connectivity index (χ1v) is 6.45. The van der Waals surface area contributed by atoms with E-state index in [0.29, 0.717) is 6.54 Å². The fourth-order valence-electron chi connectivity index (χ4n) is 2.37. The van der Waals surface area contributed by atoms with Crippen molar-refractivity contribution in [3.8, 4) is 0 Å². The van der Waals surface area contributed by atoms with E-state index in [1.165, 1.54) is 22.0 Å². The maximum absolute atomic E-state index is 5.63. The second-order valence-corrected chi connectivity index (χ2v) is 4.87. The second kappa shape index (κ2) is 4.86. The van der Waals surface area contributed by atoms with E-state index < -0.39 is 0 Å². The monoisotopic (exact) mass is 251 g/mol. The van der Waals surface area contributed by atoms with Gasteiger partial charge in [0.15, 0.2) is 0 Å². The molecular weight excluding hydrogens is 234 g/mol. The molecule has 3 rings (SSSR count). The van der Waals surface area contributed by atoms with Gasteiger partial charge in [0.1, 0.15) is 0 Å². The van der Waals surface area contributed by atoms with Crippen LogP contribution in [0.2, 0.25) is 0 Å². The molecule has 0 bridgehead atoms. The van der Waals surface area contributed by atoms with Gasteiger partial charge in [-0.15, -0.1) is 0 Å². The van der Waals surface area contributed by atoms with Crippen LogP contribution in [0.25, 0.3) is 10.9 Å². The standard InChI is InChI=1S/C16H17N3/c1-12-2-3-14-5-7-19(16(14)8-12)11-13-4-6-18-15(9-13)10-17/h2-9H,10-11,17H2,1H3. The van der Waals surface area contributed by atoms with Crippen LogP contribution in [0.4, 0.5) is 0 Å². The molecule has 0 saturated heterocycles. The van der Waals surface area contributed by atoms with Gasteiger partial charge in [-0.1, -0.05) is 12.1 Å². The Hall–Kier alpha value is -2.13. The van der Waals surface area contributed by atoms with Gasteiger partial charge in [-0.3, -0.25) is 4.98 Å². The summed E-state index contributed by atoms with van der Waals surface area (Å²) in [6, 6.07) is 12.8. The summed E-state index contributed by atoms with van der Waals surface area (Å²) < 4.78 is 2.26. The Morgan fingerprint density at radius 2 is 2.05 bits per heavy atom. The zero-order valence-electron chi connectivity index (χ0n) is 11.0. The average molecular weight is 251 g/mol. The van der Waals surface area contributed by atoms with Gasteiger partial charge in [0, 0.05) is 31.0 Å². The molecule has 0 amide bonds. The van der Waals surface area contributed by atoms with Crippen molar-refractivity contribution in [2.24, 2.45) is 5.73 Å². The minimum Gasteiger partial charge on any atom is -0.343 e. The molecule has 96 valence electrons. The maximum atomic E-state index is 5.63. The Morgan fingerprint density at radius 3 is 2.89 bits per heavy atom. The topological polar surface area (TPSA) is 43.8 Å². The number of rotatable bonds is 3. The molecule has 1 aromatic carbocycles. The van der Waals surface area contributed by atoms with Crippen molar-refractivity contribution in [3.05, 3.63) is 65.6 Å². The summed E-state index contributed by atoms with van der Waals surface area (Å²) in [4.78, 5) is 4.23. The summed E-state index contributed by atoms with van der Waals surface area (Å²) in [5.41, 5.74) is 10.4. The zero-order chi connectivity index (χ0) is 13.2. The molecule has 0 atom stereocenters. The Bertz CT molecular complexity index is 713. The smallest absolute Gasteiger partial charge is 0.0542 e. The fourth-order valence-corrected chi connectivity index (χ4v) is 2.37. The first kappa shape index (κ1) is 11.9. The highest BCUT2D eigenvalue weighted by Crippen LogP contribution is 2.18. The Morgan fingerprint density at radius 1 is 1.16 bits per heavy atom. The van der Waals surface area contributed by atoms with Crippen molar-refractivity contribution in [3.63, 3.8) is 0 Å². The van der Waals surface area contributed by atoms with Gasteiger partial charge in [-0.2, -0.15) is 0 Å². The number of hydrogen-bond acceptors (Lipinski definition) is 2. The van der Waals surface area contributed by atoms with Crippen molar-refractivity contribution in [1.29, 1.82) is 0 Å². The van der Waals surface area contributed by atoms with Crippen molar-refractivity contribution < 1.29 is 0 Å². The van der Waals surface area contributed by atoms with E-state index in [1.54, 1.807) is 0 Å². The molecule has 0 aliphatic carbocycles. The Labute approximate surface area is 112 Å². The number of benzene rings is 1. The lowest BCUT2D eigenvalue weighted by molar-refractivity contribution is 0.828. The number of nitrogens with zero attached hydrogens (tertiary/aromatic N) is 2. The minimum atomic E-state index is 0.485. The van der Waals surface area contributed by atoms with Crippen LogP contribution >= 0.6 is 0 Å². The summed E-state index contributed by atoms with van der Waals surface area (Å²) >= 11 is 0. The molecule has 2 N–H and O–H groups in total. The van der Waals surface area contributed by atoms with E-state index in [4.69, 9.17) is 5.73 Å². The van der Waals surface area contributed by atoms with Crippen LogP contribution in [0, 0.1) is 6.92 Å². The van der Waals surface area contributed by atoms with E-state index >= 15 is 0 Å². The number of aryl methyl sites for hydroxylation is 1. The summed E-state index contributed by atoms with van der Waals surface area (Å²) in [5.74, 6) is 0. The van der Waals surface area contributed by atoms with Crippen LogP contribution in [-0.4, -0.2) is 9.55 Å². The van der Waals surface area contributed by atoms with Crippen LogP contribution in [0.15, 0.2) is 48.8 Å². The number of hydrogen-bond donors (Lipinski definition) is 1. The van der Waals surface area contributed by atoms with Crippen LogP contribution < -0.4 is 5.73 Å². The lowest BCUT2D eigenvalue weighted by Crippen LogP contribution is -2.03. The molecule has 0 aliphatic heterocycles. The normalized spacial score (nSPS) is 11.1. The molecule has 0 saturated carbocycles. The maximum Gasteiger partial charge on any atom is 0.0542 e. The first-order chi connectivity index (χ1) is 9.26. The molecule has 0 radical (unpaired) electrons. The molecule has 0 spiro atoms. The molecule has 0 fully saturated rings. The van der Waals surface area contributed by atoms with Gasteiger partial charge >= 0.3 is 0 Å². The zero-order valence-corrected chi connectivity index (χ0v) is 11.0. The highest BCUT2D eigenvalue weighted by molar-refractivity contribution is 5.80. The SMILES string of the molecule is Cc1ccc2ccn(Cc3ccnc(CN)c3)c2c1. The first-order valence-electron chi connectivity index (χ1n) is 6.45. The molecule has 3 aromatic rings. The number of nitrogens with two attached hydrogens (primary N) is 1. The number of fused-ring (bicyclic) bond motifs is 1. The molecule has 2 aromatic heterocycles. The van der Waals surface area contributed by atoms with Gasteiger partial charge in [-0.25, -0.2) is 0 Å². The van der Waals surface area contributed by atoms with Crippen molar-refractivity contribution in [1.82, 2.24) is 9.55 Å². The third-order valence-electron chi connectivity index (χ3n) is 3.37. The van der Waals surface area contributed by atoms with Gasteiger partial charge in [-0.05, 0) is 47.7 Å². The third kappa shape index (κ3) is 2.37. The molecule has 0 unspecified atom stereocenters. The molecule has 2 heterocycles. The summed E-state index contributed by atoms with van der Waals surface area (Å²) in [6.07, 6.45) is 3.96. The van der Waals surface area contributed by atoms with E-state index in [0.717, 1.165) is 12.2 Å². The summed E-state index contributed by atoms with van der Waals surface area (Å²) in [5, 5.41) is 1.28. The lowest BCUT2D eigenvalue weighted by Gasteiger charge is -2.07. The fraction of sp³-hybridized carbons (Fsp3) is 0.188. The molecule has 19 heavy (non-hydrogen) atoms. The largest absolute Gasteiger partial charge is 0.343 e. The minimum absolute atomic E-state index is 0.485. The van der Waals surface area contributed by atoms with Crippen LogP contribution in [0.3, 0.4) is 0 Å². The average Bonchev–Trinajstić information content (AvgIpc) is 2.81. The summed E-state index contributed by atoms with van der Waals surface area (Å²) in [6.45, 7) is 3.46. The van der Waals surface area contributed by atoms with E-state index in [2.05, 4.69) is 53.0 Å². The van der Waals surface area contributed by atoms with Crippen molar-refractivity contribution in [2.45, 2.75) is 20.0 Å². The third-order valence-corrected chi connectivity index (χ3v) is 3.37. The summed E-state index contributed by atoms with van der Waals surface area (Å²) in [7, 11) is 0. The number of aromatic nitrogens is 2. The van der Waals surface area contributed by atoms with E-state index in [1.807, 2.05) is 12.3 Å². The van der Waals surface area contributed by atoms with Gasteiger partial charge in [0.05, 0.1) is 5.69 Å². The van der Waals surface area contributed by atoms with Gasteiger partial charge in [0.25, 0.3) is 0 Å². The van der Waals surface area contributed by atoms with Crippen LogP contribution in [-0.2, 0) is 13.1 Å². The highest BCUT2D eigenvalue weighted by Gasteiger charge is 2.03. The predicted molar refractivity (Wildman–Crippen MR) is 77.9 cm³/mol. The van der Waals surface area contributed by atoms with Crippen LogP contribution in [0.1, 0.15) is 16.8 Å². The Balaban J connectivity index is 1.98. The second-order valence-electron chi connectivity index (χ2n) is 4.87. The van der Waals surface area contributed by atoms with Crippen molar-refractivity contribution in [2.75, 3.05) is 0 Å². The van der Waals surface area contributed by atoms with Crippen molar-refractivity contribution >= 4 is 10.9 Å². The highest BCUT2D eigenvalue weighted by atomic mass is 14.9. The molecule has 3 nitrogen and oxygen atoms in total. The van der Waals surface area contributed by atoms with Gasteiger partial charge in [0.2, 0.25) is 0 Å². The van der Waals surface area contributed by atoms with Gasteiger partial charge < -0.3 is 10.3 Å². The molecular formula is C16H17N3.